The molecule has 0 saturated carbocycles. The first-order chi connectivity index (χ1) is 7.74. The van der Waals surface area contributed by atoms with Crippen molar-refractivity contribution in [1.82, 2.24) is 0 Å². The van der Waals surface area contributed by atoms with Crippen LogP contribution in [0.25, 0.3) is 10.8 Å². The van der Waals surface area contributed by atoms with E-state index in [0.717, 1.165) is 16.3 Å². The molecule has 0 amide bonds. The average molecular weight is 212 g/mol. The Hall–Kier alpha value is -1.60. The van der Waals surface area contributed by atoms with Gasteiger partial charge in [0.2, 0.25) is 0 Å². The van der Waals surface area contributed by atoms with Crippen LogP contribution >= 0.6 is 0 Å². The van der Waals surface area contributed by atoms with E-state index < -0.39 is 6.10 Å². The maximum absolute atomic E-state index is 10.2. The third-order valence-electron chi connectivity index (χ3n) is 3.01. The number of aliphatic hydroxyl groups excluding tert-OH is 1. The number of aliphatic hydroxyl groups is 1. The summed E-state index contributed by atoms with van der Waals surface area (Å²) in [6.07, 6.45) is 1.30. The lowest BCUT2D eigenvalue weighted by atomic mass is 9.93. The third-order valence-corrected chi connectivity index (χ3v) is 3.01. The van der Waals surface area contributed by atoms with Crippen LogP contribution in [0.1, 0.15) is 18.6 Å². The Labute approximate surface area is 96.0 Å². The molecule has 0 aliphatic heterocycles. The Morgan fingerprint density at radius 2 is 1.81 bits per heavy atom. The minimum Gasteiger partial charge on any atom is -0.388 e. The van der Waals surface area contributed by atoms with E-state index >= 15 is 0 Å². The molecule has 0 aliphatic carbocycles. The van der Waals surface area contributed by atoms with Gasteiger partial charge < -0.3 is 5.11 Å². The van der Waals surface area contributed by atoms with Crippen molar-refractivity contribution in [1.29, 1.82) is 0 Å². The average Bonchev–Trinajstić information content (AvgIpc) is 2.36. The molecule has 0 heterocycles. The van der Waals surface area contributed by atoms with E-state index in [1.807, 2.05) is 37.3 Å². The molecule has 0 saturated heterocycles. The summed E-state index contributed by atoms with van der Waals surface area (Å²) in [6.45, 7) is 5.70. The van der Waals surface area contributed by atoms with Gasteiger partial charge in [-0.05, 0) is 16.3 Å². The van der Waals surface area contributed by atoms with Crippen LogP contribution in [0.5, 0.6) is 0 Å². The van der Waals surface area contributed by atoms with Gasteiger partial charge >= 0.3 is 0 Å². The zero-order chi connectivity index (χ0) is 11.5. The highest BCUT2D eigenvalue weighted by Gasteiger charge is 2.15. The van der Waals surface area contributed by atoms with Crippen molar-refractivity contribution in [2.45, 2.75) is 13.0 Å². The second kappa shape index (κ2) is 4.50. The number of hydrogen-bond donors (Lipinski definition) is 1. The van der Waals surface area contributed by atoms with E-state index in [4.69, 9.17) is 0 Å². The minimum absolute atomic E-state index is 0.0609. The standard InChI is InChI=1S/C15H16O/c1-3-11(2)15(16)14-10-6-8-12-7-4-5-9-13(12)14/h3-11,15-16H,1H2,2H3. The van der Waals surface area contributed by atoms with Crippen LogP contribution in [0.4, 0.5) is 0 Å². The summed E-state index contributed by atoms with van der Waals surface area (Å²) in [5.74, 6) is 0.0609. The fourth-order valence-corrected chi connectivity index (χ4v) is 1.92. The minimum atomic E-state index is -0.483. The van der Waals surface area contributed by atoms with Crippen LogP contribution in [0, 0.1) is 5.92 Å². The van der Waals surface area contributed by atoms with Crippen LogP contribution in [0.2, 0.25) is 0 Å². The molecule has 0 fully saturated rings. The van der Waals surface area contributed by atoms with Gasteiger partial charge in [-0.3, -0.25) is 0 Å². The van der Waals surface area contributed by atoms with E-state index in [2.05, 4.69) is 18.7 Å². The molecule has 0 spiro atoms. The topological polar surface area (TPSA) is 20.2 Å². The molecule has 2 rings (SSSR count). The second-order valence-electron chi connectivity index (χ2n) is 4.11. The number of fused-ring (bicyclic) bond motifs is 1. The SMILES string of the molecule is C=CC(C)C(O)c1cccc2ccccc12. The molecule has 1 heteroatoms. The van der Waals surface area contributed by atoms with E-state index in [1.165, 1.54) is 0 Å². The van der Waals surface area contributed by atoms with Gasteiger partial charge in [0.05, 0.1) is 6.10 Å². The Balaban J connectivity index is 2.56. The van der Waals surface area contributed by atoms with Crippen LogP contribution in [0.15, 0.2) is 55.1 Å². The first kappa shape index (κ1) is 10.9. The van der Waals surface area contributed by atoms with Crippen molar-refractivity contribution in [2.75, 3.05) is 0 Å². The van der Waals surface area contributed by atoms with Gasteiger partial charge in [0.1, 0.15) is 0 Å². The molecule has 0 aliphatic rings. The molecule has 0 aromatic heterocycles. The highest BCUT2D eigenvalue weighted by atomic mass is 16.3. The number of benzene rings is 2. The molecule has 1 N–H and O–H groups in total. The van der Waals surface area contributed by atoms with Crippen LogP contribution in [0.3, 0.4) is 0 Å². The summed E-state index contributed by atoms with van der Waals surface area (Å²) in [5, 5.41) is 12.5. The Morgan fingerprint density at radius 3 is 2.56 bits per heavy atom. The monoisotopic (exact) mass is 212 g/mol. The molecule has 1 nitrogen and oxygen atoms in total. The third kappa shape index (κ3) is 1.86. The summed E-state index contributed by atoms with van der Waals surface area (Å²) in [6, 6.07) is 14.1. The highest BCUT2D eigenvalue weighted by Crippen LogP contribution is 2.29. The molecular formula is C15H16O. The van der Waals surface area contributed by atoms with Gasteiger partial charge in [-0.1, -0.05) is 55.5 Å². The van der Waals surface area contributed by atoms with Crippen LogP contribution < -0.4 is 0 Å². The quantitative estimate of drug-likeness (QED) is 0.769. The highest BCUT2D eigenvalue weighted by molar-refractivity contribution is 5.86. The first-order valence-electron chi connectivity index (χ1n) is 5.52. The largest absolute Gasteiger partial charge is 0.388 e. The molecule has 2 atom stereocenters. The molecule has 0 bridgehead atoms. The van der Waals surface area contributed by atoms with Crippen LogP contribution in [-0.4, -0.2) is 5.11 Å². The maximum Gasteiger partial charge on any atom is 0.0855 e. The summed E-state index contributed by atoms with van der Waals surface area (Å²) in [5.41, 5.74) is 0.977. The van der Waals surface area contributed by atoms with Gasteiger partial charge in [-0.15, -0.1) is 6.58 Å². The predicted octanol–water partition coefficient (Wildman–Crippen LogP) is 3.70. The fraction of sp³-hybridized carbons (Fsp3) is 0.200. The normalized spacial score (nSPS) is 14.6. The Bertz CT molecular complexity index is 496. The van der Waals surface area contributed by atoms with Crippen molar-refractivity contribution in [3.63, 3.8) is 0 Å². The van der Waals surface area contributed by atoms with Gasteiger partial charge in [0, 0.05) is 5.92 Å². The lowest BCUT2D eigenvalue weighted by Gasteiger charge is -2.17. The molecule has 2 aromatic rings. The lowest BCUT2D eigenvalue weighted by molar-refractivity contribution is 0.141. The van der Waals surface area contributed by atoms with E-state index in [0.29, 0.717) is 0 Å². The number of rotatable bonds is 3. The maximum atomic E-state index is 10.2. The lowest BCUT2D eigenvalue weighted by Crippen LogP contribution is -2.06. The van der Waals surface area contributed by atoms with Crippen LogP contribution in [-0.2, 0) is 0 Å². The van der Waals surface area contributed by atoms with Crippen molar-refractivity contribution in [2.24, 2.45) is 5.92 Å². The van der Waals surface area contributed by atoms with Gasteiger partial charge in [0.15, 0.2) is 0 Å². The molecule has 16 heavy (non-hydrogen) atoms. The molecular weight excluding hydrogens is 196 g/mol. The molecule has 2 unspecified atom stereocenters. The van der Waals surface area contributed by atoms with Gasteiger partial charge in [-0.2, -0.15) is 0 Å². The fourth-order valence-electron chi connectivity index (χ4n) is 1.92. The zero-order valence-corrected chi connectivity index (χ0v) is 9.43. The van der Waals surface area contributed by atoms with Crippen molar-refractivity contribution >= 4 is 10.8 Å². The predicted molar refractivity (Wildman–Crippen MR) is 68.3 cm³/mol. The molecule has 0 radical (unpaired) electrons. The smallest absolute Gasteiger partial charge is 0.0855 e. The summed E-state index contributed by atoms with van der Waals surface area (Å²) in [4.78, 5) is 0. The summed E-state index contributed by atoms with van der Waals surface area (Å²) < 4.78 is 0. The summed E-state index contributed by atoms with van der Waals surface area (Å²) >= 11 is 0. The van der Waals surface area contributed by atoms with E-state index in [9.17, 15) is 5.11 Å². The summed E-state index contributed by atoms with van der Waals surface area (Å²) in [7, 11) is 0. The molecule has 2 aromatic carbocycles. The number of hydrogen-bond acceptors (Lipinski definition) is 1. The van der Waals surface area contributed by atoms with Crippen molar-refractivity contribution < 1.29 is 5.11 Å². The van der Waals surface area contributed by atoms with Crippen molar-refractivity contribution in [3.05, 3.63) is 60.7 Å². The Morgan fingerprint density at radius 1 is 1.12 bits per heavy atom. The van der Waals surface area contributed by atoms with Gasteiger partial charge in [-0.25, -0.2) is 0 Å². The second-order valence-corrected chi connectivity index (χ2v) is 4.11. The van der Waals surface area contributed by atoms with Crippen molar-refractivity contribution in [3.8, 4) is 0 Å². The Kier molecular flexibility index (Phi) is 3.07. The zero-order valence-electron chi connectivity index (χ0n) is 9.43. The van der Waals surface area contributed by atoms with E-state index in [1.54, 1.807) is 6.08 Å². The first-order valence-corrected chi connectivity index (χ1v) is 5.52. The van der Waals surface area contributed by atoms with Gasteiger partial charge in [0.25, 0.3) is 0 Å². The van der Waals surface area contributed by atoms with E-state index in [-0.39, 0.29) is 5.92 Å². The molecule has 82 valence electrons.